The van der Waals surface area contributed by atoms with Crippen molar-refractivity contribution < 1.29 is 14.2 Å². The van der Waals surface area contributed by atoms with Crippen LogP contribution in [0.25, 0.3) is 0 Å². The highest BCUT2D eigenvalue weighted by atomic mass is 19.1. The van der Waals surface area contributed by atoms with Gasteiger partial charge in [-0.15, -0.1) is 0 Å². The highest BCUT2D eigenvalue weighted by Gasteiger charge is 2.38. The van der Waals surface area contributed by atoms with Crippen molar-refractivity contribution in [3.05, 3.63) is 29.6 Å². The minimum Gasteiger partial charge on any atom is -0.494 e. The molecule has 1 saturated heterocycles. The van der Waals surface area contributed by atoms with Crippen LogP contribution in [0, 0.1) is 11.7 Å². The molecule has 94 valence electrons. The third-order valence-corrected chi connectivity index (χ3v) is 3.60. The van der Waals surface area contributed by atoms with Gasteiger partial charge >= 0.3 is 0 Å². The first-order valence-corrected chi connectivity index (χ1v) is 5.85. The third kappa shape index (κ3) is 2.15. The number of aliphatic hydroxyl groups is 1. The molecule has 1 aliphatic rings. The molecule has 1 aromatic carbocycles. The molecule has 0 aromatic heterocycles. The van der Waals surface area contributed by atoms with Crippen LogP contribution in [-0.2, 0) is 5.60 Å². The molecule has 1 heterocycles. The van der Waals surface area contributed by atoms with Crippen molar-refractivity contribution in [3.63, 3.8) is 0 Å². The van der Waals surface area contributed by atoms with Crippen LogP contribution < -0.4 is 10.1 Å². The number of nitrogens with one attached hydrogen (secondary N) is 1. The van der Waals surface area contributed by atoms with Gasteiger partial charge in [-0.05, 0) is 30.7 Å². The fraction of sp³-hybridized carbons (Fsp3) is 0.538. The van der Waals surface area contributed by atoms with Crippen molar-refractivity contribution in [2.45, 2.75) is 18.9 Å². The predicted octanol–water partition coefficient (Wildman–Crippen LogP) is 1.65. The number of hydrogen-bond donors (Lipinski definition) is 2. The van der Waals surface area contributed by atoms with Crippen LogP contribution in [0.2, 0.25) is 0 Å². The zero-order valence-electron chi connectivity index (χ0n) is 10.2. The summed E-state index contributed by atoms with van der Waals surface area (Å²) in [5.74, 6) is -0.160. The molecule has 17 heavy (non-hydrogen) atoms. The Morgan fingerprint density at radius 1 is 1.53 bits per heavy atom. The van der Waals surface area contributed by atoms with Crippen LogP contribution in [0.4, 0.5) is 4.39 Å². The number of benzene rings is 1. The molecule has 0 radical (unpaired) electrons. The minimum atomic E-state index is -0.946. The Kier molecular flexibility index (Phi) is 3.35. The van der Waals surface area contributed by atoms with Crippen LogP contribution in [0.3, 0.4) is 0 Å². The second-order valence-electron chi connectivity index (χ2n) is 4.63. The van der Waals surface area contributed by atoms with E-state index in [2.05, 4.69) is 5.32 Å². The minimum absolute atomic E-state index is 0.0593. The lowest BCUT2D eigenvalue weighted by molar-refractivity contribution is -0.0394. The molecule has 1 aromatic rings. The van der Waals surface area contributed by atoms with Crippen molar-refractivity contribution in [2.24, 2.45) is 5.92 Å². The molecule has 1 fully saturated rings. The van der Waals surface area contributed by atoms with E-state index in [1.165, 1.54) is 13.2 Å². The van der Waals surface area contributed by atoms with E-state index in [9.17, 15) is 9.50 Å². The van der Waals surface area contributed by atoms with E-state index < -0.39 is 11.4 Å². The summed E-state index contributed by atoms with van der Waals surface area (Å²) in [7, 11) is 1.43. The Morgan fingerprint density at radius 3 is 2.88 bits per heavy atom. The quantitative estimate of drug-likeness (QED) is 0.824. The van der Waals surface area contributed by atoms with Gasteiger partial charge in [-0.1, -0.05) is 13.0 Å². The van der Waals surface area contributed by atoms with Gasteiger partial charge in [0.1, 0.15) is 0 Å². The fourth-order valence-corrected chi connectivity index (χ4v) is 2.38. The molecule has 0 aliphatic carbocycles. The maximum atomic E-state index is 13.7. The van der Waals surface area contributed by atoms with Gasteiger partial charge in [0, 0.05) is 12.5 Å². The van der Waals surface area contributed by atoms with Gasteiger partial charge in [-0.3, -0.25) is 0 Å². The summed E-state index contributed by atoms with van der Waals surface area (Å²) in [6.07, 6.45) is 0.597. The van der Waals surface area contributed by atoms with Crippen molar-refractivity contribution in [1.82, 2.24) is 5.32 Å². The highest BCUT2D eigenvalue weighted by molar-refractivity contribution is 5.33. The molecule has 0 bridgehead atoms. The summed E-state index contributed by atoms with van der Waals surface area (Å²) < 4.78 is 18.5. The number of rotatable bonds is 2. The first kappa shape index (κ1) is 12.3. The summed E-state index contributed by atoms with van der Waals surface area (Å²) >= 11 is 0. The monoisotopic (exact) mass is 239 g/mol. The van der Waals surface area contributed by atoms with Crippen LogP contribution in [0.15, 0.2) is 18.2 Å². The predicted molar refractivity (Wildman–Crippen MR) is 63.5 cm³/mol. The fourth-order valence-electron chi connectivity index (χ4n) is 2.38. The number of hydrogen-bond acceptors (Lipinski definition) is 3. The first-order valence-electron chi connectivity index (χ1n) is 5.85. The van der Waals surface area contributed by atoms with Crippen molar-refractivity contribution >= 4 is 0 Å². The standard InChI is InChI=1S/C13H18FNO2/c1-9-8-15-6-5-13(9,16)10-3-4-12(17-2)11(14)7-10/h3-4,7,9,15-16H,5-6,8H2,1-2H3. The zero-order valence-corrected chi connectivity index (χ0v) is 10.2. The smallest absolute Gasteiger partial charge is 0.165 e. The Balaban J connectivity index is 2.35. The van der Waals surface area contributed by atoms with Crippen molar-refractivity contribution in [2.75, 3.05) is 20.2 Å². The number of piperidine rings is 1. The van der Waals surface area contributed by atoms with Crippen LogP contribution in [0.1, 0.15) is 18.9 Å². The Bertz CT molecular complexity index is 410. The Morgan fingerprint density at radius 2 is 2.29 bits per heavy atom. The van der Waals surface area contributed by atoms with E-state index in [1.807, 2.05) is 6.92 Å². The molecule has 0 saturated carbocycles. The SMILES string of the molecule is COc1ccc(C2(O)CCNCC2C)cc1F. The number of methoxy groups -OCH3 is 1. The molecule has 3 nitrogen and oxygen atoms in total. The van der Waals surface area contributed by atoms with E-state index in [1.54, 1.807) is 12.1 Å². The first-order chi connectivity index (χ1) is 8.08. The van der Waals surface area contributed by atoms with E-state index >= 15 is 0 Å². The lowest BCUT2D eigenvalue weighted by Crippen LogP contribution is -2.46. The maximum absolute atomic E-state index is 13.7. The normalized spacial score (nSPS) is 29.1. The van der Waals surface area contributed by atoms with E-state index in [0.29, 0.717) is 12.0 Å². The topological polar surface area (TPSA) is 41.5 Å². The molecule has 2 N–H and O–H groups in total. The average Bonchev–Trinajstić information content (AvgIpc) is 2.33. The van der Waals surface area contributed by atoms with Crippen LogP contribution in [-0.4, -0.2) is 25.3 Å². The zero-order chi connectivity index (χ0) is 12.5. The lowest BCUT2D eigenvalue weighted by Gasteiger charge is -2.39. The molecular formula is C13H18FNO2. The van der Waals surface area contributed by atoms with Crippen LogP contribution in [0.5, 0.6) is 5.75 Å². The Hall–Kier alpha value is -1.13. The van der Waals surface area contributed by atoms with Gasteiger partial charge in [0.25, 0.3) is 0 Å². The lowest BCUT2D eigenvalue weighted by atomic mass is 9.77. The van der Waals surface area contributed by atoms with Gasteiger partial charge in [-0.2, -0.15) is 0 Å². The molecule has 2 unspecified atom stereocenters. The van der Waals surface area contributed by atoms with E-state index in [0.717, 1.165) is 13.1 Å². The van der Waals surface area contributed by atoms with Gasteiger partial charge in [0.05, 0.1) is 12.7 Å². The van der Waals surface area contributed by atoms with Crippen LogP contribution >= 0.6 is 0 Å². The van der Waals surface area contributed by atoms with E-state index in [-0.39, 0.29) is 11.7 Å². The van der Waals surface area contributed by atoms with Crippen molar-refractivity contribution in [1.29, 1.82) is 0 Å². The molecule has 2 rings (SSSR count). The molecule has 0 spiro atoms. The Labute approximate surface area is 101 Å². The summed E-state index contributed by atoms with van der Waals surface area (Å²) in [5, 5.41) is 13.9. The summed E-state index contributed by atoms with van der Waals surface area (Å²) in [6, 6.07) is 4.68. The second kappa shape index (κ2) is 4.63. The van der Waals surface area contributed by atoms with Gasteiger partial charge in [0.2, 0.25) is 0 Å². The van der Waals surface area contributed by atoms with Gasteiger partial charge in [0.15, 0.2) is 11.6 Å². The third-order valence-electron chi connectivity index (χ3n) is 3.60. The highest BCUT2D eigenvalue weighted by Crippen LogP contribution is 2.36. The number of ether oxygens (including phenoxy) is 1. The maximum Gasteiger partial charge on any atom is 0.165 e. The van der Waals surface area contributed by atoms with Crippen molar-refractivity contribution in [3.8, 4) is 5.75 Å². The molecule has 2 atom stereocenters. The van der Waals surface area contributed by atoms with E-state index in [4.69, 9.17) is 4.74 Å². The molecule has 4 heteroatoms. The second-order valence-corrected chi connectivity index (χ2v) is 4.63. The summed E-state index contributed by atoms with van der Waals surface area (Å²) in [4.78, 5) is 0. The molecule has 1 aliphatic heterocycles. The molecule has 0 amide bonds. The number of halogens is 1. The van der Waals surface area contributed by atoms with Gasteiger partial charge in [-0.25, -0.2) is 4.39 Å². The molecular weight excluding hydrogens is 221 g/mol. The summed E-state index contributed by atoms with van der Waals surface area (Å²) in [6.45, 7) is 3.45. The van der Waals surface area contributed by atoms with Gasteiger partial charge < -0.3 is 15.2 Å². The summed E-state index contributed by atoms with van der Waals surface area (Å²) in [5.41, 5.74) is -0.317. The largest absolute Gasteiger partial charge is 0.494 e. The average molecular weight is 239 g/mol.